The summed E-state index contributed by atoms with van der Waals surface area (Å²) in [7, 11) is 0. The van der Waals surface area contributed by atoms with Crippen LogP contribution in [-0.2, 0) is 0 Å². The molecule has 1 heterocycles. The van der Waals surface area contributed by atoms with Crippen molar-refractivity contribution in [1.82, 2.24) is 10.2 Å². The van der Waals surface area contributed by atoms with E-state index in [-0.39, 0.29) is 5.69 Å². The summed E-state index contributed by atoms with van der Waals surface area (Å²) in [6, 6.07) is 14.3. The molecule has 0 atom stereocenters. The minimum atomic E-state index is -0.469. The second-order valence-electron chi connectivity index (χ2n) is 5.31. The summed E-state index contributed by atoms with van der Waals surface area (Å²) in [5.74, 6) is -0.420. The zero-order valence-electron chi connectivity index (χ0n) is 13.3. The number of hydrogen-bond donors (Lipinski definition) is 2. The lowest BCUT2D eigenvalue weighted by Crippen LogP contribution is -2.14. The molecule has 0 saturated carbocycles. The normalized spacial score (nSPS) is 10.4. The van der Waals surface area contributed by atoms with Crippen molar-refractivity contribution in [3.63, 3.8) is 0 Å². The van der Waals surface area contributed by atoms with Crippen LogP contribution in [0.15, 0.2) is 54.6 Å². The summed E-state index contributed by atoms with van der Waals surface area (Å²) < 4.78 is 13.1. The van der Waals surface area contributed by atoms with Gasteiger partial charge in [-0.05, 0) is 55.0 Å². The van der Waals surface area contributed by atoms with Gasteiger partial charge in [0, 0.05) is 16.4 Å². The molecule has 0 bridgehead atoms. The molecule has 3 aromatic rings. The van der Waals surface area contributed by atoms with Gasteiger partial charge in [-0.1, -0.05) is 23.7 Å². The second kappa shape index (κ2) is 7.27. The number of nitrogens with one attached hydrogen (secondary N) is 2. The van der Waals surface area contributed by atoms with Crippen molar-refractivity contribution in [2.24, 2.45) is 0 Å². The van der Waals surface area contributed by atoms with E-state index in [0.29, 0.717) is 16.5 Å². The van der Waals surface area contributed by atoms with Crippen LogP contribution in [-0.4, -0.2) is 16.1 Å². The molecular formula is C18H14ClFN4O. The van der Waals surface area contributed by atoms with Crippen molar-refractivity contribution in [1.29, 1.82) is 0 Å². The first kappa shape index (κ1) is 16.9. The molecule has 0 aliphatic carbocycles. The third-order valence-corrected chi connectivity index (χ3v) is 3.92. The van der Waals surface area contributed by atoms with E-state index < -0.39 is 11.7 Å². The number of carbonyl (C=O) groups excluding carboxylic acids is 1. The number of carbonyl (C=O) groups is 1. The van der Waals surface area contributed by atoms with E-state index in [1.165, 1.54) is 24.3 Å². The first-order chi connectivity index (χ1) is 12.0. The minimum absolute atomic E-state index is 0.123. The van der Waals surface area contributed by atoms with Gasteiger partial charge in [-0.25, -0.2) is 4.39 Å². The summed E-state index contributed by atoms with van der Waals surface area (Å²) in [5.41, 5.74) is 2.17. The van der Waals surface area contributed by atoms with Crippen LogP contribution in [0.1, 0.15) is 16.1 Å². The molecule has 0 spiro atoms. The Morgan fingerprint density at radius 2 is 1.88 bits per heavy atom. The van der Waals surface area contributed by atoms with Gasteiger partial charge in [0.15, 0.2) is 11.5 Å². The van der Waals surface area contributed by atoms with E-state index in [1.807, 2.05) is 19.1 Å². The Bertz CT molecular complexity index is 915. The smallest absolute Gasteiger partial charge is 0.276 e. The first-order valence-corrected chi connectivity index (χ1v) is 7.83. The number of rotatable bonds is 4. The van der Waals surface area contributed by atoms with Crippen LogP contribution in [0, 0.1) is 12.7 Å². The lowest BCUT2D eigenvalue weighted by atomic mass is 10.2. The Balaban J connectivity index is 1.71. The summed E-state index contributed by atoms with van der Waals surface area (Å²) in [6.07, 6.45) is 0. The van der Waals surface area contributed by atoms with Crippen molar-refractivity contribution >= 4 is 34.7 Å². The predicted octanol–water partition coefficient (Wildman–Crippen LogP) is 4.57. The molecule has 2 N–H and O–H groups in total. The standard InChI is InChI=1S/C18H14ClFN4O/c1-11-14(19)6-3-7-15(11)22-17-9-8-16(23-24-17)18(25)21-13-5-2-4-12(20)10-13/h2-10H,1H3,(H,21,25)(H,22,24). The maximum atomic E-state index is 13.1. The number of hydrogen-bond acceptors (Lipinski definition) is 4. The van der Waals surface area contributed by atoms with Crippen LogP contribution in [0.4, 0.5) is 21.6 Å². The molecule has 0 saturated heterocycles. The molecule has 0 aliphatic heterocycles. The van der Waals surface area contributed by atoms with Gasteiger partial charge in [0.1, 0.15) is 5.82 Å². The van der Waals surface area contributed by atoms with E-state index in [9.17, 15) is 9.18 Å². The highest BCUT2D eigenvalue weighted by atomic mass is 35.5. The van der Waals surface area contributed by atoms with E-state index in [2.05, 4.69) is 20.8 Å². The monoisotopic (exact) mass is 356 g/mol. The predicted molar refractivity (Wildman–Crippen MR) is 95.9 cm³/mol. The van der Waals surface area contributed by atoms with Gasteiger partial charge < -0.3 is 10.6 Å². The van der Waals surface area contributed by atoms with Gasteiger partial charge in [-0.2, -0.15) is 0 Å². The van der Waals surface area contributed by atoms with Crippen molar-refractivity contribution < 1.29 is 9.18 Å². The Hall–Kier alpha value is -2.99. The highest BCUT2D eigenvalue weighted by Gasteiger charge is 2.10. The zero-order chi connectivity index (χ0) is 17.8. The van der Waals surface area contributed by atoms with E-state index >= 15 is 0 Å². The third kappa shape index (κ3) is 4.10. The summed E-state index contributed by atoms with van der Waals surface area (Å²) in [5, 5.41) is 14.2. The van der Waals surface area contributed by atoms with Crippen molar-refractivity contribution in [2.45, 2.75) is 6.92 Å². The van der Waals surface area contributed by atoms with Crippen LogP contribution < -0.4 is 10.6 Å². The largest absolute Gasteiger partial charge is 0.338 e. The SMILES string of the molecule is Cc1c(Cl)cccc1Nc1ccc(C(=O)Nc2cccc(F)c2)nn1. The molecule has 0 radical (unpaired) electrons. The summed E-state index contributed by atoms with van der Waals surface area (Å²) in [6.45, 7) is 1.89. The zero-order valence-corrected chi connectivity index (χ0v) is 14.0. The van der Waals surface area contributed by atoms with Crippen molar-refractivity contribution in [3.05, 3.63) is 76.7 Å². The van der Waals surface area contributed by atoms with Crippen LogP contribution in [0.2, 0.25) is 5.02 Å². The van der Waals surface area contributed by atoms with Gasteiger partial charge in [0.05, 0.1) is 0 Å². The molecule has 5 nitrogen and oxygen atoms in total. The molecule has 1 amide bonds. The van der Waals surface area contributed by atoms with Crippen LogP contribution >= 0.6 is 11.6 Å². The number of benzene rings is 2. The average molecular weight is 357 g/mol. The fourth-order valence-corrected chi connectivity index (χ4v) is 2.34. The van der Waals surface area contributed by atoms with Gasteiger partial charge >= 0.3 is 0 Å². The van der Waals surface area contributed by atoms with Gasteiger partial charge in [0.2, 0.25) is 0 Å². The molecular weight excluding hydrogens is 343 g/mol. The highest BCUT2D eigenvalue weighted by molar-refractivity contribution is 6.31. The van der Waals surface area contributed by atoms with Crippen LogP contribution in [0.5, 0.6) is 0 Å². The first-order valence-electron chi connectivity index (χ1n) is 7.46. The minimum Gasteiger partial charge on any atom is -0.338 e. The Kier molecular flexibility index (Phi) is 4.90. The fourth-order valence-electron chi connectivity index (χ4n) is 2.16. The molecule has 1 aromatic heterocycles. The van der Waals surface area contributed by atoms with Crippen LogP contribution in [0.25, 0.3) is 0 Å². The molecule has 7 heteroatoms. The lowest BCUT2D eigenvalue weighted by molar-refractivity contribution is 0.102. The summed E-state index contributed by atoms with van der Waals surface area (Å²) in [4.78, 5) is 12.1. The molecule has 2 aromatic carbocycles. The fraction of sp³-hybridized carbons (Fsp3) is 0.0556. The number of aromatic nitrogens is 2. The number of anilines is 3. The molecule has 3 rings (SSSR count). The average Bonchev–Trinajstić information content (AvgIpc) is 2.59. The van der Waals surface area contributed by atoms with E-state index in [0.717, 1.165) is 11.3 Å². The lowest BCUT2D eigenvalue weighted by Gasteiger charge is -2.10. The summed E-state index contributed by atoms with van der Waals surface area (Å²) >= 11 is 6.08. The van der Waals surface area contributed by atoms with E-state index in [1.54, 1.807) is 18.2 Å². The topological polar surface area (TPSA) is 66.9 Å². The van der Waals surface area contributed by atoms with Gasteiger partial charge in [-0.15, -0.1) is 10.2 Å². The number of amides is 1. The molecule has 126 valence electrons. The van der Waals surface area contributed by atoms with Crippen molar-refractivity contribution in [3.8, 4) is 0 Å². The molecule has 0 fully saturated rings. The van der Waals surface area contributed by atoms with Gasteiger partial charge in [0.25, 0.3) is 5.91 Å². The van der Waals surface area contributed by atoms with Gasteiger partial charge in [-0.3, -0.25) is 4.79 Å². The maximum absolute atomic E-state index is 13.1. The van der Waals surface area contributed by atoms with Crippen molar-refractivity contribution in [2.75, 3.05) is 10.6 Å². The van der Waals surface area contributed by atoms with E-state index in [4.69, 9.17) is 11.6 Å². The number of nitrogens with zero attached hydrogens (tertiary/aromatic N) is 2. The Labute approximate surface area is 148 Å². The Morgan fingerprint density at radius 3 is 2.60 bits per heavy atom. The molecule has 0 unspecified atom stereocenters. The second-order valence-corrected chi connectivity index (χ2v) is 5.71. The number of halogens is 2. The quantitative estimate of drug-likeness (QED) is 0.718. The third-order valence-electron chi connectivity index (χ3n) is 3.51. The maximum Gasteiger partial charge on any atom is 0.276 e. The van der Waals surface area contributed by atoms with Crippen LogP contribution in [0.3, 0.4) is 0 Å². The molecule has 0 aliphatic rings. The molecule has 25 heavy (non-hydrogen) atoms. The Morgan fingerprint density at radius 1 is 1.08 bits per heavy atom. The highest BCUT2D eigenvalue weighted by Crippen LogP contribution is 2.25.